The van der Waals surface area contributed by atoms with Gasteiger partial charge in [0.25, 0.3) is 0 Å². The van der Waals surface area contributed by atoms with E-state index >= 15 is 0 Å². The summed E-state index contributed by atoms with van der Waals surface area (Å²) in [5.41, 5.74) is 0. The molecule has 0 radical (unpaired) electrons. The standard InChI is InChI=1S/C10H22O2Si/c1-4-13(5-2,6-3)12-10-8-7-9-11/h7-8,11H,4-6,9-10H2,1-3H3/b8-7-. The van der Waals surface area contributed by atoms with Gasteiger partial charge in [-0.05, 0) is 18.1 Å². The summed E-state index contributed by atoms with van der Waals surface area (Å²) in [4.78, 5) is 0. The van der Waals surface area contributed by atoms with E-state index in [-0.39, 0.29) is 6.61 Å². The lowest BCUT2D eigenvalue weighted by atomic mass is 10.5. The van der Waals surface area contributed by atoms with Crippen molar-refractivity contribution in [2.45, 2.75) is 38.9 Å². The number of rotatable bonds is 7. The first-order valence-electron chi connectivity index (χ1n) is 5.14. The number of aliphatic hydroxyl groups is 1. The van der Waals surface area contributed by atoms with E-state index in [1.54, 1.807) is 6.08 Å². The molecular formula is C10H22O2Si. The van der Waals surface area contributed by atoms with Gasteiger partial charge in [0.2, 0.25) is 0 Å². The van der Waals surface area contributed by atoms with Crippen molar-refractivity contribution in [1.82, 2.24) is 0 Å². The summed E-state index contributed by atoms with van der Waals surface area (Å²) in [5, 5.41) is 8.54. The van der Waals surface area contributed by atoms with Crippen LogP contribution >= 0.6 is 0 Å². The van der Waals surface area contributed by atoms with Crippen molar-refractivity contribution in [1.29, 1.82) is 0 Å². The normalized spacial score (nSPS) is 12.6. The third-order valence-corrected chi connectivity index (χ3v) is 7.34. The Morgan fingerprint density at radius 2 is 1.62 bits per heavy atom. The molecule has 0 atom stereocenters. The zero-order valence-electron chi connectivity index (χ0n) is 9.05. The van der Waals surface area contributed by atoms with Gasteiger partial charge in [0.1, 0.15) is 0 Å². The van der Waals surface area contributed by atoms with Crippen LogP contribution < -0.4 is 0 Å². The average molecular weight is 202 g/mol. The molecule has 0 aromatic carbocycles. The molecule has 13 heavy (non-hydrogen) atoms. The Hall–Kier alpha value is -0.123. The fourth-order valence-corrected chi connectivity index (χ4v) is 3.99. The molecule has 0 spiro atoms. The SMILES string of the molecule is CC[Si](CC)(CC)OC/C=C\CO. The van der Waals surface area contributed by atoms with E-state index in [0.717, 1.165) is 0 Å². The highest BCUT2D eigenvalue weighted by Crippen LogP contribution is 2.21. The monoisotopic (exact) mass is 202 g/mol. The van der Waals surface area contributed by atoms with E-state index in [9.17, 15) is 0 Å². The molecule has 1 N–H and O–H groups in total. The van der Waals surface area contributed by atoms with Crippen LogP contribution in [0.3, 0.4) is 0 Å². The molecule has 0 bridgehead atoms. The molecule has 0 aliphatic heterocycles. The molecule has 3 heteroatoms. The maximum absolute atomic E-state index is 8.54. The number of hydrogen-bond acceptors (Lipinski definition) is 2. The van der Waals surface area contributed by atoms with Gasteiger partial charge in [-0.3, -0.25) is 0 Å². The summed E-state index contributed by atoms with van der Waals surface area (Å²) >= 11 is 0. The minimum Gasteiger partial charge on any atom is -0.413 e. The molecule has 0 heterocycles. The predicted molar refractivity (Wildman–Crippen MR) is 59.4 cm³/mol. The third kappa shape index (κ3) is 4.60. The first-order valence-corrected chi connectivity index (χ1v) is 7.67. The second-order valence-electron chi connectivity index (χ2n) is 3.21. The molecule has 0 amide bonds. The molecule has 0 aliphatic rings. The Morgan fingerprint density at radius 3 is 2.00 bits per heavy atom. The van der Waals surface area contributed by atoms with Crippen LogP contribution in [0, 0.1) is 0 Å². The summed E-state index contributed by atoms with van der Waals surface area (Å²) in [5.74, 6) is 0. The van der Waals surface area contributed by atoms with Gasteiger partial charge in [-0.25, -0.2) is 0 Å². The Labute approximate surface area is 82.7 Å². The topological polar surface area (TPSA) is 29.5 Å². The van der Waals surface area contributed by atoms with E-state index in [0.29, 0.717) is 6.61 Å². The molecule has 0 saturated carbocycles. The number of aliphatic hydroxyl groups excluding tert-OH is 1. The highest BCUT2D eigenvalue weighted by Gasteiger charge is 2.27. The van der Waals surface area contributed by atoms with E-state index in [4.69, 9.17) is 9.53 Å². The third-order valence-electron chi connectivity index (χ3n) is 2.69. The maximum Gasteiger partial charge on any atom is 0.192 e. The lowest BCUT2D eigenvalue weighted by Gasteiger charge is -2.27. The van der Waals surface area contributed by atoms with Gasteiger partial charge < -0.3 is 9.53 Å². The zero-order valence-corrected chi connectivity index (χ0v) is 10.0. The van der Waals surface area contributed by atoms with E-state index in [1.165, 1.54) is 18.1 Å². The number of hydrogen-bond donors (Lipinski definition) is 1. The summed E-state index contributed by atoms with van der Waals surface area (Å²) in [6.45, 7) is 7.43. The molecular weight excluding hydrogens is 180 g/mol. The summed E-state index contributed by atoms with van der Waals surface area (Å²) in [6.07, 6.45) is 3.64. The van der Waals surface area contributed by atoms with Crippen LogP contribution in [-0.2, 0) is 4.43 Å². The fourth-order valence-electron chi connectivity index (χ4n) is 1.42. The van der Waals surface area contributed by atoms with Crippen LogP contribution in [-0.4, -0.2) is 26.6 Å². The molecule has 78 valence electrons. The lowest BCUT2D eigenvalue weighted by molar-refractivity contribution is 0.330. The molecule has 0 unspecified atom stereocenters. The molecule has 0 aliphatic carbocycles. The Bertz CT molecular complexity index is 134. The van der Waals surface area contributed by atoms with E-state index in [1.807, 2.05) is 6.08 Å². The summed E-state index contributed by atoms with van der Waals surface area (Å²) < 4.78 is 5.92. The minimum atomic E-state index is -1.40. The summed E-state index contributed by atoms with van der Waals surface area (Å²) in [7, 11) is -1.40. The van der Waals surface area contributed by atoms with Crippen molar-refractivity contribution in [3.05, 3.63) is 12.2 Å². The highest BCUT2D eigenvalue weighted by molar-refractivity contribution is 6.73. The van der Waals surface area contributed by atoms with Crippen LogP contribution in [0.4, 0.5) is 0 Å². The second-order valence-corrected chi connectivity index (χ2v) is 7.98. The van der Waals surface area contributed by atoms with Crippen LogP contribution in [0.1, 0.15) is 20.8 Å². The quantitative estimate of drug-likeness (QED) is 0.508. The lowest BCUT2D eigenvalue weighted by Crippen LogP contribution is -2.35. The van der Waals surface area contributed by atoms with Gasteiger partial charge in [0, 0.05) is 0 Å². The molecule has 2 nitrogen and oxygen atoms in total. The van der Waals surface area contributed by atoms with Gasteiger partial charge in [-0.2, -0.15) is 0 Å². The largest absolute Gasteiger partial charge is 0.413 e. The Balaban J connectivity index is 3.88. The van der Waals surface area contributed by atoms with Gasteiger partial charge in [-0.15, -0.1) is 0 Å². The van der Waals surface area contributed by atoms with E-state index < -0.39 is 8.32 Å². The van der Waals surface area contributed by atoms with Crippen molar-refractivity contribution in [2.75, 3.05) is 13.2 Å². The van der Waals surface area contributed by atoms with Gasteiger partial charge in [0.05, 0.1) is 13.2 Å². The van der Waals surface area contributed by atoms with Crippen molar-refractivity contribution < 1.29 is 9.53 Å². The Kier molecular flexibility index (Phi) is 7.23. The first-order chi connectivity index (χ1) is 6.24. The van der Waals surface area contributed by atoms with Gasteiger partial charge in [0.15, 0.2) is 8.32 Å². The summed E-state index contributed by atoms with van der Waals surface area (Å²) in [6, 6.07) is 3.56. The average Bonchev–Trinajstić information content (AvgIpc) is 2.20. The molecule has 0 saturated heterocycles. The van der Waals surface area contributed by atoms with Gasteiger partial charge in [-0.1, -0.05) is 32.9 Å². The zero-order chi connectivity index (χ0) is 10.2. The first kappa shape index (κ1) is 12.9. The van der Waals surface area contributed by atoms with E-state index in [2.05, 4.69) is 20.8 Å². The maximum atomic E-state index is 8.54. The van der Waals surface area contributed by atoms with Crippen molar-refractivity contribution in [3.8, 4) is 0 Å². The van der Waals surface area contributed by atoms with Crippen molar-refractivity contribution in [2.24, 2.45) is 0 Å². The molecule has 0 aromatic rings. The minimum absolute atomic E-state index is 0.113. The fraction of sp³-hybridized carbons (Fsp3) is 0.800. The molecule has 0 aromatic heterocycles. The van der Waals surface area contributed by atoms with Crippen LogP contribution in [0.5, 0.6) is 0 Å². The smallest absolute Gasteiger partial charge is 0.192 e. The predicted octanol–water partition coefficient (Wildman–Crippen LogP) is 2.56. The molecule has 0 rings (SSSR count). The van der Waals surface area contributed by atoms with Crippen LogP contribution in [0.25, 0.3) is 0 Å². The van der Waals surface area contributed by atoms with Crippen molar-refractivity contribution >= 4 is 8.32 Å². The van der Waals surface area contributed by atoms with Crippen LogP contribution in [0.2, 0.25) is 18.1 Å². The van der Waals surface area contributed by atoms with Crippen molar-refractivity contribution in [3.63, 3.8) is 0 Å². The second kappa shape index (κ2) is 7.30. The van der Waals surface area contributed by atoms with Gasteiger partial charge >= 0.3 is 0 Å². The molecule has 0 fully saturated rings. The Morgan fingerprint density at radius 1 is 1.08 bits per heavy atom. The van der Waals surface area contributed by atoms with Crippen LogP contribution in [0.15, 0.2) is 12.2 Å². The highest BCUT2D eigenvalue weighted by atomic mass is 28.4.